The summed E-state index contributed by atoms with van der Waals surface area (Å²) in [6.07, 6.45) is 6.85. The average Bonchev–Trinajstić information content (AvgIpc) is 2.74. The number of hydrogen-bond acceptors (Lipinski definition) is 5. The molecule has 1 aromatic rings. The Morgan fingerprint density at radius 2 is 1.93 bits per heavy atom. The molecule has 0 bridgehead atoms. The maximum Gasteiger partial charge on any atom is 0.262 e. The van der Waals surface area contributed by atoms with Crippen molar-refractivity contribution in [2.75, 3.05) is 25.0 Å². The SMILES string of the molecule is Cc1cc2c(cc1S(=O)(=O)N1CCC[C@H](C(=O)NC3CCCCC3)C1)OCC(=O)N2. The zero-order valence-corrected chi connectivity index (χ0v) is 18.1. The van der Waals surface area contributed by atoms with Crippen LogP contribution in [0.2, 0.25) is 0 Å². The van der Waals surface area contributed by atoms with Gasteiger partial charge in [0.15, 0.2) is 6.61 Å². The number of sulfonamides is 1. The Labute approximate surface area is 177 Å². The Bertz CT molecular complexity index is 940. The van der Waals surface area contributed by atoms with Gasteiger partial charge in [0, 0.05) is 25.2 Å². The second kappa shape index (κ2) is 8.55. The Morgan fingerprint density at radius 3 is 2.70 bits per heavy atom. The molecule has 1 aliphatic carbocycles. The van der Waals surface area contributed by atoms with Crippen LogP contribution in [0.4, 0.5) is 5.69 Å². The lowest BCUT2D eigenvalue weighted by Crippen LogP contribution is -2.48. The molecule has 1 saturated heterocycles. The molecule has 3 aliphatic rings. The first-order valence-corrected chi connectivity index (χ1v) is 12.2. The third kappa shape index (κ3) is 4.32. The lowest BCUT2D eigenvalue weighted by Gasteiger charge is -2.33. The summed E-state index contributed by atoms with van der Waals surface area (Å²) in [6.45, 7) is 2.15. The minimum atomic E-state index is -3.78. The Morgan fingerprint density at radius 1 is 1.17 bits per heavy atom. The van der Waals surface area contributed by atoms with Gasteiger partial charge in [0.25, 0.3) is 5.91 Å². The molecule has 2 amide bonds. The van der Waals surface area contributed by atoms with Crippen molar-refractivity contribution in [3.8, 4) is 5.75 Å². The van der Waals surface area contributed by atoms with Crippen molar-refractivity contribution in [1.29, 1.82) is 0 Å². The third-order valence-electron chi connectivity index (χ3n) is 6.23. The summed E-state index contributed by atoms with van der Waals surface area (Å²) in [7, 11) is -3.78. The van der Waals surface area contributed by atoms with Crippen LogP contribution in [0, 0.1) is 12.8 Å². The fraction of sp³-hybridized carbons (Fsp3) is 0.619. The molecular formula is C21H29N3O5S. The van der Waals surface area contributed by atoms with E-state index in [1.165, 1.54) is 16.8 Å². The van der Waals surface area contributed by atoms with Crippen molar-refractivity contribution in [3.63, 3.8) is 0 Å². The van der Waals surface area contributed by atoms with Crippen LogP contribution < -0.4 is 15.4 Å². The van der Waals surface area contributed by atoms with Gasteiger partial charge in [-0.15, -0.1) is 0 Å². The normalized spacial score (nSPS) is 23.2. The number of ether oxygens (including phenoxy) is 1. The molecule has 2 fully saturated rings. The molecule has 2 aliphatic heterocycles. The summed E-state index contributed by atoms with van der Waals surface area (Å²) < 4.78 is 33.5. The Kier molecular flexibility index (Phi) is 6.02. The summed E-state index contributed by atoms with van der Waals surface area (Å²) in [4.78, 5) is 24.4. The van der Waals surface area contributed by atoms with E-state index in [0.717, 1.165) is 25.7 Å². The molecule has 30 heavy (non-hydrogen) atoms. The molecular weight excluding hydrogens is 406 g/mol. The molecule has 164 valence electrons. The van der Waals surface area contributed by atoms with E-state index in [2.05, 4.69) is 10.6 Å². The number of benzene rings is 1. The highest BCUT2D eigenvalue weighted by Gasteiger charge is 2.35. The molecule has 0 radical (unpaired) electrons. The lowest BCUT2D eigenvalue weighted by molar-refractivity contribution is -0.127. The summed E-state index contributed by atoms with van der Waals surface area (Å²) in [6, 6.07) is 3.32. The molecule has 0 unspecified atom stereocenters. The fourth-order valence-electron chi connectivity index (χ4n) is 4.57. The highest BCUT2D eigenvalue weighted by atomic mass is 32.2. The standard InChI is InChI=1S/C21H29N3O5S/c1-14-10-17-18(29-13-20(25)23-17)11-19(14)30(27,28)24-9-5-6-15(12-24)21(26)22-16-7-3-2-4-8-16/h10-11,15-16H,2-9,12-13H2,1H3,(H,22,26)(H,23,25)/t15-/m0/s1. The van der Waals surface area contributed by atoms with Crippen molar-refractivity contribution >= 4 is 27.5 Å². The van der Waals surface area contributed by atoms with Gasteiger partial charge in [0.2, 0.25) is 15.9 Å². The van der Waals surface area contributed by atoms with E-state index >= 15 is 0 Å². The summed E-state index contributed by atoms with van der Waals surface area (Å²) >= 11 is 0. The van der Waals surface area contributed by atoms with Crippen LogP contribution >= 0.6 is 0 Å². The van der Waals surface area contributed by atoms with Gasteiger partial charge >= 0.3 is 0 Å². The number of amides is 2. The van der Waals surface area contributed by atoms with Gasteiger partial charge in [-0.2, -0.15) is 4.31 Å². The van der Waals surface area contributed by atoms with E-state index in [9.17, 15) is 18.0 Å². The van der Waals surface area contributed by atoms with Crippen molar-refractivity contribution in [1.82, 2.24) is 9.62 Å². The van der Waals surface area contributed by atoms with E-state index in [1.807, 2.05) is 0 Å². The predicted octanol–water partition coefficient (Wildman–Crippen LogP) is 2.18. The number of fused-ring (bicyclic) bond motifs is 1. The van der Waals surface area contributed by atoms with Gasteiger partial charge in [0.05, 0.1) is 16.5 Å². The van der Waals surface area contributed by atoms with E-state index in [0.29, 0.717) is 36.4 Å². The van der Waals surface area contributed by atoms with Crippen molar-refractivity contribution < 1.29 is 22.7 Å². The fourth-order valence-corrected chi connectivity index (χ4v) is 6.32. The molecule has 2 heterocycles. The van der Waals surface area contributed by atoms with Gasteiger partial charge in [-0.25, -0.2) is 8.42 Å². The summed E-state index contributed by atoms with van der Waals surface area (Å²) in [5.74, 6) is -0.276. The van der Waals surface area contributed by atoms with E-state index < -0.39 is 10.0 Å². The number of nitrogens with one attached hydrogen (secondary N) is 2. The molecule has 9 heteroatoms. The largest absolute Gasteiger partial charge is 0.482 e. The van der Waals surface area contributed by atoms with E-state index in [4.69, 9.17) is 4.74 Å². The number of nitrogens with zero attached hydrogens (tertiary/aromatic N) is 1. The van der Waals surface area contributed by atoms with Crippen LogP contribution in [0.5, 0.6) is 5.75 Å². The molecule has 0 aromatic heterocycles. The van der Waals surface area contributed by atoms with Crippen molar-refractivity contribution in [2.24, 2.45) is 5.92 Å². The van der Waals surface area contributed by atoms with Crippen molar-refractivity contribution in [3.05, 3.63) is 17.7 Å². The summed E-state index contributed by atoms with van der Waals surface area (Å²) in [5, 5.41) is 5.83. The van der Waals surface area contributed by atoms with E-state index in [1.54, 1.807) is 13.0 Å². The average molecular weight is 436 g/mol. The van der Waals surface area contributed by atoms with Crippen molar-refractivity contribution in [2.45, 2.75) is 62.8 Å². The number of anilines is 1. The highest BCUT2D eigenvalue weighted by Crippen LogP contribution is 2.35. The molecule has 1 atom stereocenters. The van der Waals surface area contributed by atoms with Crippen LogP contribution in [0.3, 0.4) is 0 Å². The number of carbonyl (C=O) groups excluding carboxylic acids is 2. The van der Waals surface area contributed by atoms with Gasteiger partial charge in [-0.05, 0) is 44.2 Å². The number of hydrogen-bond donors (Lipinski definition) is 2. The first-order chi connectivity index (χ1) is 14.3. The second-order valence-corrected chi connectivity index (χ2v) is 10.4. The highest BCUT2D eigenvalue weighted by molar-refractivity contribution is 7.89. The lowest BCUT2D eigenvalue weighted by atomic mass is 9.93. The van der Waals surface area contributed by atoms with Gasteiger partial charge in [-0.3, -0.25) is 9.59 Å². The number of carbonyl (C=O) groups is 2. The quantitative estimate of drug-likeness (QED) is 0.754. The Balaban J connectivity index is 1.50. The molecule has 4 rings (SSSR count). The second-order valence-electron chi connectivity index (χ2n) is 8.50. The minimum absolute atomic E-state index is 0.0324. The third-order valence-corrected chi connectivity index (χ3v) is 8.24. The monoisotopic (exact) mass is 435 g/mol. The van der Waals surface area contributed by atoms with Gasteiger partial charge < -0.3 is 15.4 Å². The zero-order valence-electron chi connectivity index (χ0n) is 17.3. The molecule has 1 aromatic carbocycles. The topological polar surface area (TPSA) is 105 Å². The smallest absolute Gasteiger partial charge is 0.262 e. The van der Waals surface area contributed by atoms with Crippen LogP contribution in [0.15, 0.2) is 17.0 Å². The molecule has 1 saturated carbocycles. The maximum atomic E-state index is 13.4. The molecule has 0 spiro atoms. The first-order valence-electron chi connectivity index (χ1n) is 10.7. The summed E-state index contributed by atoms with van der Waals surface area (Å²) in [5.41, 5.74) is 1.01. The van der Waals surface area contributed by atoms with E-state index in [-0.39, 0.29) is 41.8 Å². The first kappa shape index (κ1) is 21.1. The van der Waals surface area contributed by atoms with Crippen LogP contribution in [0.1, 0.15) is 50.5 Å². The number of aryl methyl sites for hydroxylation is 1. The number of rotatable bonds is 4. The minimum Gasteiger partial charge on any atom is -0.482 e. The van der Waals surface area contributed by atoms with Crippen LogP contribution in [-0.2, 0) is 19.6 Å². The van der Waals surface area contributed by atoms with Crippen LogP contribution in [-0.4, -0.2) is 50.3 Å². The predicted molar refractivity (Wildman–Crippen MR) is 112 cm³/mol. The Hall–Kier alpha value is -2.13. The maximum absolute atomic E-state index is 13.4. The number of piperidine rings is 1. The van der Waals surface area contributed by atoms with Gasteiger partial charge in [-0.1, -0.05) is 19.3 Å². The molecule has 2 N–H and O–H groups in total. The van der Waals surface area contributed by atoms with Crippen LogP contribution in [0.25, 0.3) is 0 Å². The zero-order chi connectivity index (χ0) is 21.3. The van der Waals surface area contributed by atoms with Gasteiger partial charge in [0.1, 0.15) is 5.75 Å². The molecule has 8 nitrogen and oxygen atoms in total.